The van der Waals surface area contributed by atoms with Crippen LogP contribution in [0.1, 0.15) is 40.7 Å². The molecule has 19 heavy (non-hydrogen) atoms. The molecule has 3 nitrogen and oxygen atoms in total. The van der Waals surface area contributed by atoms with Crippen molar-refractivity contribution in [3.05, 3.63) is 45.4 Å². The third-order valence-electron chi connectivity index (χ3n) is 3.66. The van der Waals surface area contributed by atoms with E-state index in [1.165, 1.54) is 23.3 Å². The molecule has 0 spiro atoms. The van der Waals surface area contributed by atoms with Crippen LogP contribution in [0.4, 0.5) is 0 Å². The first-order valence-electron chi connectivity index (χ1n) is 6.69. The number of aromatic hydroxyl groups is 1. The van der Waals surface area contributed by atoms with Crippen LogP contribution in [0.25, 0.3) is 0 Å². The van der Waals surface area contributed by atoms with Gasteiger partial charge in [-0.3, -0.25) is 4.98 Å². The van der Waals surface area contributed by atoms with Crippen molar-refractivity contribution in [2.24, 2.45) is 0 Å². The Morgan fingerprint density at radius 3 is 3.21 bits per heavy atom. The Labute approximate surface area is 117 Å². The van der Waals surface area contributed by atoms with E-state index < -0.39 is 0 Å². The molecule has 0 fully saturated rings. The maximum atomic E-state index is 9.82. The number of nitrogens with one attached hydrogen (secondary N) is 1. The number of rotatable bonds is 3. The molecule has 2 aromatic heterocycles. The average molecular weight is 274 g/mol. The lowest BCUT2D eigenvalue weighted by molar-refractivity contribution is 0.433. The number of nitrogens with zero attached hydrogens (tertiary/aromatic N) is 1. The van der Waals surface area contributed by atoms with Gasteiger partial charge in [0.1, 0.15) is 5.75 Å². The SMILES string of the molecule is Cc1ccc(O)c(CNC2CCCc3sccc32)n1. The first kappa shape index (κ1) is 12.6. The van der Waals surface area contributed by atoms with Gasteiger partial charge in [-0.2, -0.15) is 0 Å². The Kier molecular flexibility index (Phi) is 3.53. The summed E-state index contributed by atoms with van der Waals surface area (Å²) in [4.78, 5) is 5.90. The third-order valence-corrected chi connectivity index (χ3v) is 4.65. The zero-order chi connectivity index (χ0) is 13.2. The molecule has 1 aliphatic rings. The topological polar surface area (TPSA) is 45.1 Å². The van der Waals surface area contributed by atoms with E-state index in [9.17, 15) is 5.11 Å². The van der Waals surface area contributed by atoms with E-state index >= 15 is 0 Å². The van der Waals surface area contributed by atoms with Gasteiger partial charge < -0.3 is 10.4 Å². The molecule has 4 heteroatoms. The Morgan fingerprint density at radius 1 is 1.42 bits per heavy atom. The summed E-state index contributed by atoms with van der Waals surface area (Å²) in [6, 6.07) is 6.17. The van der Waals surface area contributed by atoms with Gasteiger partial charge >= 0.3 is 0 Å². The highest BCUT2D eigenvalue weighted by atomic mass is 32.1. The fraction of sp³-hybridized carbons (Fsp3) is 0.400. The van der Waals surface area contributed by atoms with Gasteiger partial charge in [0.05, 0.1) is 5.69 Å². The number of aryl methyl sites for hydroxylation is 2. The lowest BCUT2D eigenvalue weighted by Gasteiger charge is -2.23. The third kappa shape index (κ3) is 2.65. The molecular weight excluding hydrogens is 256 g/mol. The first-order chi connectivity index (χ1) is 9.24. The molecule has 2 aromatic rings. The molecule has 0 radical (unpaired) electrons. The van der Waals surface area contributed by atoms with Crippen molar-refractivity contribution in [3.63, 3.8) is 0 Å². The van der Waals surface area contributed by atoms with Crippen LogP contribution in [0.2, 0.25) is 0 Å². The molecule has 0 amide bonds. The quantitative estimate of drug-likeness (QED) is 0.902. The number of hydrogen-bond acceptors (Lipinski definition) is 4. The van der Waals surface area contributed by atoms with E-state index in [1.54, 1.807) is 6.07 Å². The largest absolute Gasteiger partial charge is 0.506 e. The molecular formula is C15H18N2OS. The first-order valence-corrected chi connectivity index (χ1v) is 7.57. The van der Waals surface area contributed by atoms with E-state index in [2.05, 4.69) is 21.7 Å². The Balaban J connectivity index is 1.72. The van der Waals surface area contributed by atoms with E-state index in [4.69, 9.17) is 0 Å². The molecule has 3 rings (SSSR count). The van der Waals surface area contributed by atoms with Crippen molar-refractivity contribution in [2.45, 2.75) is 38.8 Å². The van der Waals surface area contributed by atoms with Gasteiger partial charge in [-0.05, 0) is 55.3 Å². The predicted molar refractivity (Wildman–Crippen MR) is 77.5 cm³/mol. The lowest BCUT2D eigenvalue weighted by atomic mass is 9.94. The van der Waals surface area contributed by atoms with E-state index in [-0.39, 0.29) is 5.75 Å². The number of hydrogen-bond donors (Lipinski definition) is 2. The monoisotopic (exact) mass is 274 g/mol. The van der Waals surface area contributed by atoms with Crippen molar-refractivity contribution in [2.75, 3.05) is 0 Å². The van der Waals surface area contributed by atoms with Crippen LogP contribution in [-0.2, 0) is 13.0 Å². The summed E-state index contributed by atoms with van der Waals surface area (Å²) < 4.78 is 0. The zero-order valence-electron chi connectivity index (χ0n) is 11.0. The highest BCUT2D eigenvalue weighted by molar-refractivity contribution is 7.10. The standard InChI is InChI=1S/C15H18N2OS/c1-10-5-6-14(18)13(17-10)9-16-12-3-2-4-15-11(12)7-8-19-15/h5-8,12,16,18H,2-4,9H2,1H3. The van der Waals surface area contributed by atoms with Crippen LogP contribution in [0.5, 0.6) is 5.75 Å². The number of pyridine rings is 1. The molecule has 1 atom stereocenters. The van der Waals surface area contributed by atoms with Crippen LogP contribution in [0.3, 0.4) is 0 Å². The number of fused-ring (bicyclic) bond motifs is 1. The molecule has 0 bridgehead atoms. The molecule has 2 N–H and O–H groups in total. The lowest BCUT2D eigenvalue weighted by Crippen LogP contribution is -2.24. The highest BCUT2D eigenvalue weighted by Gasteiger charge is 2.21. The minimum atomic E-state index is 0.277. The van der Waals surface area contributed by atoms with Crippen molar-refractivity contribution in [1.29, 1.82) is 0 Å². The fourth-order valence-electron chi connectivity index (χ4n) is 2.65. The van der Waals surface area contributed by atoms with Gasteiger partial charge in [-0.1, -0.05) is 0 Å². The predicted octanol–water partition coefficient (Wildman–Crippen LogP) is 3.32. The Morgan fingerprint density at radius 2 is 2.32 bits per heavy atom. The molecule has 0 aromatic carbocycles. The number of aromatic nitrogens is 1. The minimum Gasteiger partial charge on any atom is -0.506 e. The van der Waals surface area contributed by atoms with Gasteiger partial charge in [-0.25, -0.2) is 0 Å². The summed E-state index contributed by atoms with van der Waals surface area (Å²) in [5, 5.41) is 15.5. The second kappa shape index (κ2) is 5.31. The Hall–Kier alpha value is -1.39. The van der Waals surface area contributed by atoms with Crippen LogP contribution < -0.4 is 5.32 Å². The van der Waals surface area contributed by atoms with E-state index in [0.29, 0.717) is 12.6 Å². The van der Waals surface area contributed by atoms with Gasteiger partial charge in [0.2, 0.25) is 0 Å². The molecule has 0 aliphatic heterocycles. The van der Waals surface area contributed by atoms with Gasteiger partial charge in [-0.15, -0.1) is 11.3 Å². The van der Waals surface area contributed by atoms with Crippen LogP contribution >= 0.6 is 11.3 Å². The van der Waals surface area contributed by atoms with Crippen LogP contribution in [-0.4, -0.2) is 10.1 Å². The maximum Gasteiger partial charge on any atom is 0.138 e. The summed E-state index contributed by atoms with van der Waals surface area (Å²) in [7, 11) is 0. The molecule has 2 heterocycles. The summed E-state index contributed by atoms with van der Waals surface area (Å²) >= 11 is 1.85. The molecule has 1 aliphatic carbocycles. The van der Waals surface area contributed by atoms with Gasteiger partial charge in [0.15, 0.2) is 0 Å². The summed E-state index contributed by atoms with van der Waals surface area (Å²) in [5.74, 6) is 0.277. The van der Waals surface area contributed by atoms with Gasteiger partial charge in [0, 0.05) is 23.2 Å². The van der Waals surface area contributed by atoms with Crippen molar-refractivity contribution < 1.29 is 5.11 Å². The minimum absolute atomic E-state index is 0.277. The molecule has 1 unspecified atom stereocenters. The zero-order valence-corrected chi connectivity index (χ0v) is 11.8. The van der Waals surface area contributed by atoms with Crippen molar-refractivity contribution in [3.8, 4) is 5.75 Å². The summed E-state index contributed by atoms with van der Waals surface area (Å²) in [6.07, 6.45) is 3.61. The molecule has 0 saturated carbocycles. The second-order valence-electron chi connectivity index (χ2n) is 5.04. The van der Waals surface area contributed by atoms with E-state index in [1.807, 2.05) is 24.3 Å². The summed E-state index contributed by atoms with van der Waals surface area (Å²) in [6.45, 7) is 2.56. The normalized spacial score (nSPS) is 18.3. The van der Waals surface area contributed by atoms with Crippen molar-refractivity contribution in [1.82, 2.24) is 10.3 Å². The molecule has 100 valence electrons. The van der Waals surface area contributed by atoms with Gasteiger partial charge in [0.25, 0.3) is 0 Å². The van der Waals surface area contributed by atoms with Crippen molar-refractivity contribution >= 4 is 11.3 Å². The highest BCUT2D eigenvalue weighted by Crippen LogP contribution is 2.33. The smallest absolute Gasteiger partial charge is 0.138 e. The van der Waals surface area contributed by atoms with Crippen LogP contribution in [0.15, 0.2) is 23.6 Å². The van der Waals surface area contributed by atoms with E-state index in [0.717, 1.165) is 17.8 Å². The van der Waals surface area contributed by atoms with Crippen LogP contribution in [0, 0.1) is 6.92 Å². The summed E-state index contributed by atoms with van der Waals surface area (Å²) in [5.41, 5.74) is 3.11. The molecule has 0 saturated heterocycles. The fourth-order valence-corrected chi connectivity index (χ4v) is 3.64. The Bertz CT molecular complexity index is 579. The average Bonchev–Trinajstić information content (AvgIpc) is 2.88. The second-order valence-corrected chi connectivity index (χ2v) is 6.04. The number of thiophene rings is 1. The maximum absolute atomic E-state index is 9.82.